The van der Waals surface area contributed by atoms with Gasteiger partial charge in [-0.3, -0.25) is 14.4 Å². The Labute approximate surface area is 134 Å². The number of rotatable bonds is 2. The molecular formula is C14H19ClN4O3. The maximum Gasteiger partial charge on any atom is 0.259 e. The van der Waals surface area contributed by atoms with E-state index in [2.05, 4.69) is 5.32 Å². The molecule has 0 spiro atoms. The molecule has 22 heavy (non-hydrogen) atoms. The normalized spacial score (nSPS) is 16.5. The molecule has 0 saturated heterocycles. The van der Waals surface area contributed by atoms with Gasteiger partial charge in [-0.15, -0.1) is 12.4 Å². The van der Waals surface area contributed by atoms with Gasteiger partial charge in [-0.25, -0.2) is 0 Å². The van der Waals surface area contributed by atoms with E-state index in [1.165, 1.54) is 16.7 Å². The molecule has 0 unspecified atom stereocenters. The summed E-state index contributed by atoms with van der Waals surface area (Å²) in [6, 6.07) is 4.97. The molecule has 3 amide bonds. The van der Waals surface area contributed by atoms with Gasteiger partial charge < -0.3 is 20.9 Å². The summed E-state index contributed by atoms with van der Waals surface area (Å²) in [4.78, 5) is 39.3. The van der Waals surface area contributed by atoms with Crippen LogP contribution in [0.4, 0.5) is 11.4 Å². The highest BCUT2D eigenvalue weighted by molar-refractivity contribution is 6.21. The first-order chi connectivity index (χ1) is 9.84. The summed E-state index contributed by atoms with van der Waals surface area (Å²) in [7, 11) is 3.14. The maximum absolute atomic E-state index is 12.4. The fourth-order valence-electron chi connectivity index (χ4n) is 2.16. The van der Waals surface area contributed by atoms with Crippen LogP contribution in [0, 0.1) is 0 Å². The SMILES string of the molecule is C[C@H](N)C(=O)NC1C(=O)N(C)c2ccccc2N(C)C1=O.Cl. The number of amides is 3. The van der Waals surface area contributed by atoms with Crippen molar-refractivity contribution >= 4 is 41.5 Å². The van der Waals surface area contributed by atoms with Crippen LogP contribution < -0.4 is 20.9 Å². The zero-order valence-electron chi connectivity index (χ0n) is 12.6. The second-order valence-corrected chi connectivity index (χ2v) is 5.01. The van der Waals surface area contributed by atoms with Gasteiger partial charge in [0.25, 0.3) is 11.8 Å². The van der Waals surface area contributed by atoms with E-state index in [0.29, 0.717) is 11.4 Å². The number of carbonyl (C=O) groups excluding carboxylic acids is 3. The van der Waals surface area contributed by atoms with Crippen molar-refractivity contribution in [2.24, 2.45) is 5.73 Å². The number of nitrogens with one attached hydrogen (secondary N) is 1. The van der Waals surface area contributed by atoms with Crippen molar-refractivity contribution in [1.29, 1.82) is 0 Å². The Hall–Kier alpha value is -2.12. The monoisotopic (exact) mass is 326 g/mol. The number of benzene rings is 1. The van der Waals surface area contributed by atoms with Gasteiger partial charge in [-0.2, -0.15) is 0 Å². The molecule has 1 aromatic carbocycles. The molecule has 7 nitrogen and oxygen atoms in total. The highest BCUT2D eigenvalue weighted by Gasteiger charge is 2.38. The first kappa shape index (κ1) is 17.9. The second kappa shape index (κ2) is 6.76. The average Bonchev–Trinajstić information content (AvgIpc) is 2.54. The van der Waals surface area contributed by atoms with Crippen molar-refractivity contribution in [2.75, 3.05) is 23.9 Å². The largest absolute Gasteiger partial charge is 0.335 e. The van der Waals surface area contributed by atoms with Gasteiger partial charge in [-0.05, 0) is 19.1 Å². The third-order valence-corrected chi connectivity index (χ3v) is 3.46. The molecule has 1 heterocycles. The van der Waals surface area contributed by atoms with Gasteiger partial charge in [-0.1, -0.05) is 12.1 Å². The van der Waals surface area contributed by atoms with Crippen LogP contribution in [0.2, 0.25) is 0 Å². The van der Waals surface area contributed by atoms with Crippen LogP contribution in [0.3, 0.4) is 0 Å². The maximum atomic E-state index is 12.4. The van der Waals surface area contributed by atoms with Crippen LogP contribution in [-0.4, -0.2) is 43.9 Å². The lowest BCUT2D eigenvalue weighted by molar-refractivity contribution is -0.134. The number of fused-ring (bicyclic) bond motifs is 1. The van der Waals surface area contributed by atoms with Crippen molar-refractivity contribution < 1.29 is 14.4 Å². The van der Waals surface area contributed by atoms with E-state index in [1.54, 1.807) is 38.4 Å². The molecule has 0 fully saturated rings. The van der Waals surface area contributed by atoms with E-state index < -0.39 is 29.8 Å². The van der Waals surface area contributed by atoms with E-state index in [4.69, 9.17) is 5.73 Å². The summed E-state index contributed by atoms with van der Waals surface area (Å²) in [6.45, 7) is 1.49. The lowest BCUT2D eigenvalue weighted by atomic mass is 10.2. The number of hydrogen-bond donors (Lipinski definition) is 2. The predicted molar refractivity (Wildman–Crippen MR) is 86.1 cm³/mol. The molecule has 1 atom stereocenters. The molecule has 0 aliphatic carbocycles. The Morgan fingerprint density at radius 3 is 1.91 bits per heavy atom. The fourth-order valence-corrected chi connectivity index (χ4v) is 2.16. The minimum Gasteiger partial charge on any atom is -0.335 e. The first-order valence-electron chi connectivity index (χ1n) is 6.54. The minimum absolute atomic E-state index is 0. The standard InChI is InChI=1S/C14H18N4O3.ClH/c1-8(15)12(19)16-11-13(20)17(2)9-6-4-5-7-10(9)18(3)14(11)21;/h4-8,11H,15H2,1-3H3,(H,16,19);1H/t8-;/m0./s1. The third kappa shape index (κ3) is 3.05. The number of halogens is 1. The van der Waals surface area contributed by atoms with Crippen molar-refractivity contribution in [3.05, 3.63) is 24.3 Å². The van der Waals surface area contributed by atoms with Crippen molar-refractivity contribution in [3.63, 3.8) is 0 Å². The number of para-hydroxylation sites is 2. The summed E-state index contributed by atoms with van der Waals surface area (Å²) >= 11 is 0. The van der Waals surface area contributed by atoms with Crippen molar-refractivity contribution in [2.45, 2.75) is 19.0 Å². The van der Waals surface area contributed by atoms with Gasteiger partial charge in [0.15, 0.2) is 6.04 Å². The molecule has 0 bridgehead atoms. The first-order valence-corrected chi connectivity index (χ1v) is 6.54. The highest BCUT2D eigenvalue weighted by atomic mass is 35.5. The summed E-state index contributed by atoms with van der Waals surface area (Å²) in [5.74, 6) is -1.54. The number of likely N-dealkylation sites (N-methyl/N-ethyl adjacent to an activating group) is 2. The zero-order chi connectivity index (χ0) is 15.7. The van der Waals surface area contributed by atoms with E-state index >= 15 is 0 Å². The third-order valence-electron chi connectivity index (χ3n) is 3.46. The molecule has 8 heteroatoms. The van der Waals surface area contributed by atoms with E-state index in [-0.39, 0.29) is 12.4 Å². The van der Waals surface area contributed by atoms with E-state index in [0.717, 1.165) is 0 Å². The molecule has 1 aliphatic rings. The Morgan fingerprint density at radius 1 is 1.14 bits per heavy atom. The molecule has 1 aliphatic heterocycles. The lowest BCUT2D eigenvalue weighted by Crippen LogP contribution is -2.56. The van der Waals surface area contributed by atoms with Gasteiger partial charge in [0.2, 0.25) is 5.91 Å². The predicted octanol–water partition coefficient (Wildman–Crippen LogP) is -0.120. The Morgan fingerprint density at radius 2 is 1.55 bits per heavy atom. The number of nitrogens with zero attached hydrogens (tertiary/aromatic N) is 2. The van der Waals surface area contributed by atoms with Crippen LogP contribution in [0.15, 0.2) is 24.3 Å². The van der Waals surface area contributed by atoms with Gasteiger partial charge >= 0.3 is 0 Å². The van der Waals surface area contributed by atoms with Gasteiger partial charge in [0, 0.05) is 14.1 Å². The molecule has 2 rings (SSSR count). The molecule has 0 saturated carbocycles. The summed E-state index contributed by atoms with van der Waals surface area (Å²) in [6.07, 6.45) is 0. The highest BCUT2D eigenvalue weighted by Crippen LogP contribution is 2.31. The summed E-state index contributed by atoms with van der Waals surface area (Å²) in [5.41, 5.74) is 6.69. The molecular weight excluding hydrogens is 308 g/mol. The minimum atomic E-state index is -1.27. The second-order valence-electron chi connectivity index (χ2n) is 5.01. The van der Waals surface area contributed by atoms with Crippen LogP contribution in [0.1, 0.15) is 6.92 Å². The Bertz CT molecular complexity index is 565. The Balaban J connectivity index is 0.00000242. The number of anilines is 2. The van der Waals surface area contributed by atoms with Gasteiger partial charge in [0.05, 0.1) is 17.4 Å². The van der Waals surface area contributed by atoms with E-state index in [9.17, 15) is 14.4 Å². The van der Waals surface area contributed by atoms with Crippen molar-refractivity contribution in [1.82, 2.24) is 5.32 Å². The smallest absolute Gasteiger partial charge is 0.259 e. The molecule has 120 valence electrons. The number of hydrogen-bond acceptors (Lipinski definition) is 4. The number of carbonyl (C=O) groups is 3. The number of nitrogens with two attached hydrogens (primary N) is 1. The van der Waals surface area contributed by atoms with Crippen LogP contribution in [0.25, 0.3) is 0 Å². The topological polar surface area (TPSA) is 95.7 Å². The van der Waals surface area contributed by atoms with Crippen LogP contribution in [-0.2, 0) is 14.4 Å². The molecule has 0 radical (unpaired) electrons. The van der Waals surface area contributed by atoms with E-state index in [1.807, 2.05) is 0 Å². The van der Waals surface area contributed by atoms with Gasteiger partial charge in [0.1, 0.15) is 0 Å². The van der Waals surface area contributed by atoms with Crippen LogP contribution >= 0.6 is 12.4 Å². The zero-order valence-corrected chi connectivity index (χ0v) is 13.4. The fraction of sp³-hybridized carbons (Fsp3) is 0.357. The molecule has 1 aromatic rings. The quantitative estimate of drug-likeness (QED) is 0.741. The van der Waals surface area contributed by atoms with Crippen molar-refractivity contribution in [3.8, 4) is 0 Å². The molecule has 0 aromatic heterocycles. The summed E-state index contributed by atoms with van der Waals surface area (Å²) < 4.78 is 0. The lowest BCUT2D eigenvalue weighted by Gasteiger charge is -2.21. The average molecular weight is 327 g/mol. The Kier molecular flexibility index (Phi) is 5.51. The van der Waals surface area contributed by atoms with Crippen LogP contribution in [0.5, 0.6) is 0 Å². The summed E-state index contributed by atoms with van der Waals surface area (Å²) in [5, 5.41) is 2.41. The molecule has 3 N–H and O–H groups in total.